The molecule has 0 spiro atoms. The minimum atomic E-state index is -2.55. The number of nitrogens with zero attached hydrogens (tertiary/aromatic N) is 1. The van der Waals surface area contributed by atoms with Gasteiger partial charge in [-0.2, -0.15) is 0 Å². The first-order chi connectivity index (χ1) is 8.20. The van der Waals surface area contributed by atoms with E-state index >= 15 is 0 Å². The zero-order chi connectivity index (χ0) is 14.0. The van der Waals surface area contributed by atoms with Crippen molar-refractivity contribution in [2.45, 2.75) is 3.53 Å². The van der Waals surface area contributed by atoms with E-state index in [-0.39, 0.29) is 0 Å². The number of nitrogens with one attached hydrogen (secondary N) is 1. The summed E-state index contributed by atoms with van der Waals surface area (Å²) in [5.74, 6) is 0.757. The largest absolute Gasteiger partial charge is 0.497 e. The van der Waals surface area contributed by atoms with Gasteiger partial charge in [0, 0.05) is 5.69 Å². The molecule has 0 aliphatic heterocycles. The van der Waals surface area contributed by atoms with E-state index in [0.29, 0.717) is 0 Å². The summed E-state index contributed by atoms with van der Waals surface area (Å²) in [7, 11) is 5.19. The quantitative estimate of drug-likeness (QED) is 0.648. The van der Waals surface area contributed by atoms with Crippen molar-refractivity contribution < 1.29 is 4.74 Å². The average molecular weight is 348 g/mol. The Morgan fingerprint density at radius 2 is 1.72 bits per heavy atom. The van der Waals surface area contributed by atoms with E-state index in [1.165, 1.54) is 0 Å². The van der Waals surface area contributed by atoms with Crippen LogP contribution in [0, 0.1) is 0 Å². The molecule has 0 radical (unpaired) electrons. The van der Waals surface area contributed by atoms with Crippen molar-refractivity contribution in [3.8, 4) is 5.75 Å². The smallest absolute Gasteiger partial charge is 0.248 e. The van der Waals surface area contributed by atoms with Crippen molar-refractivity contribution in [1.82, 2.24) is 4.67 Å². The lowest BCUT2D eigenvalue weighted by Crippen LogP contribution is -2.24. The maximum absolute atomic E-state index is 5.99. The Balaban J connectivity index is 3.01. The van der Waals surface area contributed by atoms with Gasteiger partial charge in [0.15, 0.2) is 0 Å². The summed E-state index contributed by atoms with van der Waals surface area (Å²) in [6.07, 6.45) is -2.55. The fraction of sp³-hybridized carbons (Fsp3) is 0.400. The molecule has 0 saturated heterocycles. The van der Waals surface area contributed by atoms with Crippen LogP contribution in [0.15, 0.2) is 24.3 Å². The van der Waals surface area contributed by atoms with Crippen molar-refractivity contribution in [1.29, 1.82) is 0 Å². The van der Waals surface area contributed by atoms with E-state index in [1.807, 2.05) is 24.3 Å². The van der Waals surface area contributed by atoms with E-state index in [4.69, 9.17) is 51.3 Å². The Bertz CT molecular complexity index is 447. The highest BCUT2D eigenvalue weighted by Gasteiger charge is 2.41. The monoisotopic (exact) mass is 346 g/mol. The van der Waals surface area contributed by atoms with Crippen LogP contribution in [0.3, 0.4) is 0 Å². The van der Waals surface area contributed by atoms with Gasteiger partial charge in [0.25, 0.3) is 0 Å². The molecule has 1 atom stereocenters. The minimum absolute atomic E-state index is 0.757. The molecule has 0 fully saturated rings. The second-order valence-corrected chi connectivity index (χ2v) is 11.2. The zero-order valence-electron chi connectivity index (χ0n) is 10.2. The highest BCUT2D eigenvalue weighted by Crippen LogP contribution is 2.65. The standard InChI is InChI=1S/C10H14Cl3N2OPS/c1-15(2)17(18,10(11,12)13)14-8-4-6-9(16-3)7-5-8/h4-7H,1-3H3,(H,14,18). The maximum atomic E-state index is 5.99. The molecule has 18 heavy (non-hydrogen) atoms. The molecule has 0 aliphatic carbocycles. The average Bonchev–Trinajstić information content (AvgIpc) is 2.28. The lowest BCUT2D eigenvalue weighted by atomic mass is 10.3. The summed E-state index contributed by atoms with van der Waals surface area (Å²) in [6.45, 7) is 0. The molecule has 0 saturated carbocycles. The molecular weight excluding hydrogens is 334 g/mol. The minimum Gasteiger partial charge on any atom is -0.497 e. The molecule has 0 heterocycles. The van der Waals surface area contributed by atoms with Crippen LogP contribution in [0.25, 0.3) is 0 Å². The Kier molecular flexibility index (Phi) is 5.60. The van der Waals surface area contributed by atoms with Gasteiger partial charge in [0.2, 0.25) is 3.53 Å². The first-order valence-corrected chi connectivity index (χ1v) is 8.86. The van der Waals surface area contributed by atoms with Gasteiger partial charge in [-0.05, 0) is 38.4 Å². The van der Waals surface area contributed by atoms with Gasteiger partial charge in [-0.25, -0.2) is 0 Å². The van der Waals surface area contributed by atoms with Gasteiger partial charge in [0.1, 0.15) is 12.1 Å². The van der Waals surface area contributed by atoms with Crippen LogP contribution in [0.4, 0.5) is 5.69 Å². The molecule has 1 rings (SSSR count). The normalized spacial score (nSPS) is 15.3. The predicted molar refractivity (Wildman–Crippen MR) is 84.9 cm³/mol. The Morgan fingerprint density at radius 1 is 1.22 bits per heavy atom. The first kappa shape index (κ1) is 16.4. The molecule has 1 N–H and O–H groups in total. The molecule has 1 aromatic carbocycles. The molecule has 8 heteroatoms. The maximum Gasteiger partial charge on any atom is 0.248 e. The SMILES string of the molecule is COc1ccc(NP(=S)(N(C)C)C(Cl)(Cl)Cl)cc1. The second-order valence-electron chi connectivity index (χ2n) is 3.73. The predicted octanol–water partition coefficient (Wildman–Crippen LogP) is 4.31. The van der Waals surface area contributed by atoms with Gasteiger partial charge in [0.05, 0.1) is 7.11 Å². The van der Waals surface area contributed by atoms with Crippen LogP contribution >= 0.6 is 41.1 Å². The van der Waals surface area contributed by atoms with Gasteiger partial charge in [-0.3, -0.25) is 4.67 Å². The van der Waals surface area contributed by atoms with Crippen LogP contribution in [-0.2, 0) is 11.8 Å². The number of rotatable bonds is 4. The Labute approximate surface area is 127 Å². The number of halogens is 3. The van der Waals surface area contributed by atoms with Crippen molar-refractivity contribution in [3.63, 3.8) is 0 Å². The number of ether oxygens (including phenoxy) is 1. The van der Waals surface area contributed by atoms with Crippen molar-refractivity contribution >= 4 is 58.6 Å². The van der Waals surface area contributed by atoms with E-state index in [2.05, 4.69) is 5.09 Å². The van der Waals surface area contributed by atoms with Gasteiger partial charge < -0.3 is 9.82 Å². The third-order valence-electron chi connectivity index (χ3n) is 2.28. The van der Waals surface area contributed by atoms with E-state index < -0.39 is 9.87 Å². The van der Waals surface area contributed by atoms with E-state index in [9.17, 15) is 0 Å². The molecule has 102 valence electrons. The number of methoxy groups -OCH3 is 1. The number of anilines is 1. The summed E-state index contributed by atoms with van der Waals surface area (Å²) in [5.41, 5.74) is 0.791. The molecule has 0 aromatic heterocycles. The summed E-state index contributed by atoms with van der Waals surface area (Å²) in [6, 6.07) is 7.30. The Morgan fingerprint density at radius 3 is 2.06 bits per heavy atom. The summed E-state index contributed by atoms with van der Waals surface area (Å²) in [5, 5.41) is 3.15. The Hall–Kier alpha value is 0.300. The second kappa shape index (κ2) is 6.17. The first-order valence-electron chi connectivity index (χ1n) is 4.97. The summed E-state index contributed by atoms with van der Waals surface area (Å²) >= 11 is 23.5. The highest BCUT2D eigenvalue weighted by atomic mass is 35.6. The van der Waals surface area contributed by atoms with Crippen molar-refractivity contribution in [2.75, 3.05) is 26.3 Å². The van der Waals surface area contributed by atoms with Crippen LogP contribution in [0.2, 0.25) is 0 Å². The van der Waals surface area contributed by atoms with Crippen molar-refractivity contribution in [3.05, 3.63) is 24.3 Å². The van der Waals surface area contributed by atoms with Crippen LogP contribution in [0.1, 0.15) is 0 Å². The highest BCUT2D eigenvalue weighted by molar-refractivity contribution is 8.16. The fourth-order valence-corrected chi connectivity index (χ4v) is 4.57. The van der Waals surface area contributed by atoms with E-state index in [1.54, 1.807) is 25.9 Å². The molecule has 0 aliphatic rings. The molecule has 1 unspecified atom stereocenters. The van der Waals surface area contributed by atoms with Gasteiger partial charge in [-0.15, -0.1) is 0 Å². The van der Waals surface area contributed by atoms with Gasteiger partial charge in [-0.1, -0.05) is 46.6 Å². The van der Waals surface area contributed by atoms with Crippen LogP contribution in [0.5, 0.6) is 5.75 Å². The third-order valence-corrected chi connectivity index (χ3v) is 9.83. The summed E-state index contributed by atoms with van der Waals surface area (Å²) < 4.78 is 5.28. The lowest BCUT2D eigenvalue weighted by molar-refractivity contribution is 0.415. The van der Waals surface area contributed by atoms with E-state index in [0.717, 1.165) is 11.4 Å². The van der Waals surface area contributed by atoms with Crippen molar-refractivity contribution in [2.24, 2.45) is 0 Å². The summed E-state index contributed by atoms with van der Waals surface area (Å²) in [4.78, 5) is 0. The molecular formula is C10H14Cl3N2OPS. The topological polar surface area (TPSA) is 24.5 Å². The number of hydrogen-bond acceptors (Lipinski definition) is 2. The molecule has 0 amide bonds. The van der Waals surface area contributed by atoms with Crippen LogP contribution < -0.4 is 9.82 Å². The number of benzene rings is 1. The fourth-order valence-electron chi connectivity index (χ4n) is 1.23. The number of hydrogen-bond donors (Lipinski definition) is 1. The number of alkyl halides is 3. The zero-order valence-corrected chi connectivity index (χ0v) is 14.1. The van der Waals surface area contributed by atoms with Gasteiger partial charge >= 0.3 is 0 Å². The lowest BCUT2D eigenvalue weighted by Gasteiger charge is -2.35. The third kappa shape index (κ3) is 3.66. The molecule has 3 nitrogen and oxygen atoms in total. The molecule has 1 aromatic rings. The van der Waals surface area contributed by atoms with Crippen LogP contribution in [-0.4, -0.2) is 29.4 Å². The molecule has 0 bridgehead atoms.